The Morgan fingerprint density at radius 2 is 1.78 bits per heavy atom. The summed E-state index contributed by atoms with van der Waals surface area (Å²) in [7, 11) is 0. The molecule has 0 saturated heterocycles. The van der Waals surface area contributed by atoms with Gasteiger partial charge in [0.1, 0.15) is 0 Å². The molecule has 0 rings (SSSR count). The highest BCUT2D eigenvalue weighted by atomic mass is 35.5. The first-order valence-electron chi connectivity index (χ1n) is 3.56. The van der Waals surface area contributed by atoms with Gasteiger partial charge in [-0.15, -0.1) is 11.6 Å². The second kappa shape index (κ2) is 3.46. The second-order valence-electron chi connectivity index (χ2n) is 3.58. The average molecular weight is 149 g/mol. The van der Waals surface area contributed by atoms with Gasteiger partial charge in [0, 0.05) is 5.88 Å². The van der Waals surface area contributed by atoms with Crippen LogP contribution in [0, 0.1) is 11.3 Å². The first-order chi connectivity index (χ1) is 4.00. The van der Waals surface area contributed by atoms with Gasteiger partial charge >= 0.3 is 0 Å². The first-order valence-corrected chi connectivity index (χ1v) is 4.10. The van der Waals surface area contributed by atoms with Crippen LogP contribution in [0.3, 0.4) is 0 Å². The molecule has 0 aliphatic rings. The highest BCUT2D eigenvalue weighted by Crippen LogP contribution is 2.29. The molecule has 0 aromatic carbocycles. The van der Waals surface area contributed by atoms with Crippen molar-refractivity contribution in [3.8, 4) is 0 Å². The number of hydrogen-bond donors (Lipinski definition) is 0. The van der Waals surface area contributed by atoms with Crippen LogP contribution in [-0.4, -0.2) is 5.88 Å². The lowest BCUT2D eigenvalue weighted by Gasteiger charge is -2.27. The SMILES string of the molecule is CC(C)C(C)(C)CCCl. The van der Waals surface area contributed by atoms with Gasteiger partial charge in [-0.1, -0.05) is 27.7 Å². The van der Waals surface area contributed by atoms with Gasteiger partial charge in [-0.2, -0.15) is 0 Å². The van der Waals surface area contributed by atoms with Gasteiger partial charge in [0.25, 0.3) is 0 Å². The van der Waals surface area contributed by atoms with E-state index in [9.17, 15) is 0 Å². The van der Waals surface area contributed by atoms with Crippen molar-refractivity contribution in [2.24, 2.45) is 11.3 Å². The highest BCUT2D eigenvalue weighted by molar-refractivity contribution is 6.17. The van der Waals surface area contributed by atoms with Gasteiger partial charge in [-0.25, -0.2) is 0 Å². The van der Waals surface area contributed by atoms with Crippen molar-refractivity contribution in [3.63, 3.8) is 0 Å². The molecule has 0 nitrogen and oxygen atoms in total. The fourth-order valence-corrected chi connectivity index (χ4v) is 1.02. The van der Waals surface area contributed by atoms with E-state index < -0.39 is 0 Å². The van der Waals surface area contributed by atoms with Gasteiger partial charge < -0.3 is 0 Å². The Morgan fingerprint density at radius 1 is 1.33 bits per heavy atom. The molecule has 0 N–H and O–H groups in total. The van der Waals surface area contributed by atoms with Crippen LogP contribution in [0.15, 0.2) is 0 Å². The Balaban J connectivity index is 3.70. The van der Waals surface area contributed by atoms with Crippen LogP contribution in [0.2, 0.25) is 0 Å². The van der Waals surface area contributed by atoms with E-state index >= 15 is 0 Å². The van der Waals surface area contributed by atoms with Crippen LogP contribution in [0.1, 0.15) is 34.1 Å². The highest BCUT2D eigenvalue weighted by Gasteiger charge is 2.20. The van der Waals surface area contributed by atoms with Crippen molar-refractivity contribution in [1.29, 1.82) is 0 Å². The van der Waals surface area contributed by atoms with Crippen LogP contribution in [-0.2, 0) is 0 Å². The maximum atomic E-state index is 5.63. The van der Waals surface area contributed by atoms with Crippen molar-refractivity contribution < 1.29 is 0 Å². The summed E-state index contributed by atoms with van der Waals surface area (Å²) in [6.45, 7) is 9.01. The van der Waals surface area contributed by atoms with E-state index in [0.717, 1.165) is 18.2 Å². The second-order valence-corrected chi connectivity index (χ2v) is 3.96. The number of hydrogen-bond acceptors (Lipinski definition) is 0. The van der Waals surface area contributed by atoms with Crippen LogP contribution in [0.25, 0.3) is 0 Å². The van der Waals surface area contributed by atoms with Crippen LogP contribution < -0.4 is 0 Å². The lowest BCUT2D eigenvalue weighted by atomic mass is 9.79. The zero-order valence-corrected chi connectivity index (χ0v) is 7.63. The van der Waals surface area contributed by atoms with Gasteiger partial charge in [0.2, 0.25) is 0 Å². The zero-order valence-electron chi connectivity index (χ0n) is 6.87. The normalized spacial score (nSPS) is 12.7. The Hall–Kier alpha value is 0.290. The molecule has 0 radical (unpaired) electrons. The molecule has 0 saturated carbocycles. The van der Waals surface area contributed by atoms with Crippen molar-refractivity contribution in [2.75, 3.05) is 5.88 Å². The molecule has 0 unspecified atom stereocenters. The summed E-state index contributed by atoms with van der Waals surface area (Å²) in [6.07, 6.45) is 1.12. The number of halogens is 1. The van der Waals surface area contributed by atoms with E-state index in [2.05, 4.69) is 27.7 Å². The van der Waals surface area contributed by atoms with E-state index in [1.165, 1.54) is 0 Å². The van der Waals surface area contributed by atoms with Crippen molar-refractivity contribution in [1.82, 2.24) is 0 Å². The third-order valence-corrected chi connectivity index (χ3v) is 2.49. The lowest BCUT2D eigenvalue weighted by molar-refractivity contribution is 0.241. The molecule has 0 aromatic rings. The minimum Gasteiger partial charge on any atom is -0.127 e. The predicted octanol–water partition coefficient (Wildman–Crippen LogP) is 3.30. The minimum absolute atomic E-state index is 0.418. The maximum absolute atomic E-state index is 5.63. The van der Waals surface area contributed by atoms with Gasteiger partial charge in [0.15, 0.2) is 0 Å². The minimum atomic E-state index is 0.418. The summed E-state index contributed by atoms with van der Waals surface area (Å²) in [6, 6.07) is 0. The fourth-order valence-electron chi connectivity index (χ4n) is 0.532. The molecule has 0 atom stereocenters. The maximum Gasteiger partial charge on any atom is 0.0228 e. The van der Waals surface area contributed by atoms with Crippen LogP contribution in [0.5, 0.6) is 0 Å². The van der Waals surface area contributed by atoms with E-state index in [4.69, 9.17) is 11.6 Å². The Morgan fingerprint density at radius 3 is 1.89 bits per heavy atom. The summed E-state index contributed by atoms with van der Waals surface area (Å²) in [5, 5.41) is 0. The molecular formula is C8H17Cl. The summed E-state index contributed by atoms with van der Waals surface area (Å²) >= 11 is 5.63. The predicted molar refractivity (Wildman–Crippen MR) is 44.0 cm³/mol. The fraction of sp³-hybridized carbons (Fsp3) is 1.00. The summed E-state index contributed by atoms with van der Waals surface area (Å²) in [5.41, 5.74) is 0.418. The third kappa shape index (κ3) is 3.10. The smallest absolute Gasteiger partial charge is 0.0228 e. The standard InChI is InChI=1S/C8H17Cl/c1-7(2)8(3,4)5-6-9/h7H,5-6H2,1-4H3. The molecule has 0 amide bonds. The number of alkyl halides is 1. The van der Waals surface area contributed by atoms with E-state index in [0.29, 0.717) is 5.41 Å². The number of rotatable bonds is 3. The molecule has 0 fully saturated rings. The third-order valence-electron chi connectivity index (χ3n) is 2.30. The molecule has 0 heterocycles. The van der Waals surface area contributed by atoms with Crippen LogP contribution in [0.4, 0.5) is 0 Å². The van der Waals surface area contributed by atoms with Crippen molar-refractivity contribution >= 4 is 11.6 Å². The lowest BCUT2D eigenvalue weighted by Crippen LogP contribution is -2.19. The summed E-state index contributed by atoms with van der Waals surface area (Å²) in [5.74, 6) is 1.52. The van der Waals surface area contributed by atoms with Gasteiger partial charge in [-0.3, -0.25) is 0 Å². The molecule has 0 bridgehead atoms. The van der Waals surface area contributed by atoms with Crippen molar-refractivity contribution in [3.05, 3.63) is 0 Å². The monoisotopic (exact) mass is 148 g/mol. The van der Waals surface area contributed by atoms with E-state index in [1.54, 1.807) is 0 Å². The molecule has 9 heavy (non-hydrogen) atoms. The van der Waals surface area contributed by atoms with E-state index in [-0.39, 0.29) is 0 Å². The molecular weight excluding hydrogens is 132 g/mol. The molecule has 0 aromatic heterocycles. The topological polar surface area (TPSA) is 0 Å². The quantitative estimate of drug-likeness (QED) is 0.539. The molecule has 0 spiro atoms. The molecule has 1 heteroatoms. The van der Waals surface area contributed by atoms with Crippen LogP contribution >= 0.6 is 11.6 Å². The molecule has 0 aliphatic heterocycles. The zero-order chi connectivity index (χ0) is 7.49. The van der Waals surface area contributed by atoms with Gasteiger partial charge in [-0.05, 0) is 17.8 Å². The Labute approximate surface area is 63.6 Å². The summed E-state index contributed by atoms with van der Waals surface area (Å²) < 4.78 is 0. The van der Waals surface area contributed by atoms with Gasteiger partial charge in [0.05, 0.1) is 0 Å². The van der Waals surface area contributed by atoms with Crippen molar-refractivity contribution in [2.45, 2.75) is 34.1 Å². The summed E-state index contributed by atoms with van der Waals surface area (Å²) in [4.78, 5) is 0. The molecule has 0 aliphatic carbocycles. The average Bonchev–Trinajstić information content (AvgIpc) is 1.65. The molecule has 56 valence electrons. The Bertz CT molecular complexity index is 74.6. The Kier molecular flexibility index (Phi) is 3.57. The largest absolute Gasteiger partial charge is 0.127 e. The first kappa shape index (κ1) is 9.29. The van der Waals surface area contributed by atoms with E-state index in [1.807, 2.05) is 0 Å².